The maximum atomic E-state index is 6.29. The smallest absolute Gasteiger partial charge is 0.138 e. The molecule has 1 heterocycles. The highest BCUT2D eigenvalue weighted by Crippen LogP contribution is 2.34. The lowest BCUT2D eigenvalue weighted by atomic mass is 9.94. The Morgan fingerprint density at radius 1 is 1.14 bits per heavy atom. The number of nitrogens with one attached hydrogen (secondary N) is 1. The van der Waals surface area contributed by atoms with Crippen molar-refractivity contribution in [2.75, 3.05) is 6.54 Å². The van der Waals surface area contributed by atoms with Crippen molar-refractivity contribution in [2.24, 2.45) is 5.92 Å². The van der Waals surface area contributed by atoms with Gasteiger partial charge >= 0.3 is 0 Å². The Hall–Kier alpha value is -1.28. The Kier molecular flexibility index (Phi) is 5.46. The SMILES string of the molecule is CCNCc1oc2c(C(C)CC)cccc2c1CC(C)C. The van der Waals surface area contributed by atoms with Crippen LogP contribution in [0.15, 0.2) is 22.6 Å². The summed E-state index contributed by atoms with van der Waals surface area (Å²) in [6.45, 7) is 13.0. The molecule has 0 spiro atoms. The first-order valence-electron chi connectivity index (χ1n) is 8.32. The zero-order valence-corrected chi connectivity index (χ0v) is 14.1. The molecule has 1 atom stereocenters. The first-order valence-corrected chi connectivity index (χ1v) is 8.32. The van der Waals surface area contributed by atoms with Crippen LogP contribution in [0.2, 0.25) is 0 Å². The maximum Gasteiger partial charge on any atom is 0.138 e. The van der Waals surface area contributed by atoms with Crippen LogP contribution in [0.25, 0.3) is 11.0 Å². The molecule has 0 saturated carbocycles. The highest BCUT2D eigenvalue weighted by molar-refractivity contribution is 5.85. The summed E-state index contributed by atoms with van der Waals surface area (Å²) in [7, 11) is 0. The molecule has 0 bridgehead atoms. The molecule has 0 fully saturated rings. The number of hydrogen-bond acceptors (Lipinski definition) is 2. The van der Waals surface area contributed by atoms with Gasteiger partial charge in [0, 0.05) is 10.9 Å². The summed E-state index contributed by atoms with van der Waals surface area (Å²) in [6, 6.07) is 6.62. The molecule has 116 valence electrons. The maximum absolute atomic E-state index is 6.29. The average Bonchev–Trinajstić information content (AvgIpc) is 2.81. The van der Waals surface area contributed by atoms with Gasteiger partial charge in [0.1, 0.15) is 11.3 Å². The molecule has 1 aromatic carbocycles. The largest absolute Gasteiger partial charge is 0.459 e. The average molecular weight is 287 g/mol. The third-order valence-corrected chi connectivity index (χ3v) is 4.22. The fourth-order valence-corrected chi connectivity index (χ4v) is 2.86. The summed E-state index contributed by atoms with van der Waals surface area (Å²) >= 11 is 0. The molecule has 2 nitrogen and oxygen atoms in total. The van der Waals surface area contributed by atoms with E-state index in [4.69, 9.17) is 4.42 Å². The van der Waals surface area contributed by atoms with Gasteiger partial charge < -0.3 is 9.73 Å². The summed E-state index contributed by atoms with van der Waals surface area (Å²) < 4.78 is 6.29. The number of fused-ring (bicyclic) bond motifs is 1. The molecule has 2 heteroatoms. The Morgan fingerprint density at radius 2 is 1.90 bits per heavy atom. The molecule has 0 saturated heterocycles. The molecule has 0 amide bonds. The van der Waals surface area contributed by atoms with Crippen LogP contribution in [0.1, 0.15) is 63.8 Å². The third-order valence-electron chi connectivity index (χ3n) is 4.22. The molecule has 1 aromatic heterocycles. The molecule has 2 rings (SSSR count). The number of para-hydroxylation sites is 1. The quantitative estimate of drug-likeness (QED) is 0.752. The van der Waals surface area contributed by atoms with E-state index in [-0.39, 0.29) is 0 Å². The lowest BCUT2D eigenvalue weighted by Crippen LogP contribution is -2.12. The van der Waals surface area contributed by atoms with E-state index in [9.17, 15) is 0 Å². The molecule has 1 N–H and O–H groups in total. The predicted molar refractivity (Wildman–Crippen MR) is 90.8 cm³/mol. The fraction of sp³-hybridized carbons (Fsp3) is 0.579. The standard InChI is InChI=1S/C19H29NO/c1-6-14(5)15-9-8-10-16-17(11-13(3)4)18(12-20-7-2)21-19(15)16/h8-10,13-14,20H,6-7,11-12H2,1-5H3. The van der Waals surface area contributed by atoms with E-state index in [0.717, 1.165) is 37.3 Å². The van der Waals surface area contributed by atoms with Crippen LogP contribution in [0.3, 0.4) is 0 Å². The van der Waals surface area contributed by atoms with Crippen molar-refractivity contribution in [2.45, 2.75) is 59.9 Å². The normalized spacial score (nSPS) is 13.2. The second kappa shape index (κ2) is 7.13. The van der Waals surface area contributed by atoms with Gasteiger partial charge in [0.15, 0.2) is 0 Å². The van der Waals surface area contributed by atoms with E-state index in [2.05, 4.69) is 58.1 Å². The summed E-state index contributed by atoms with van der Waals surface area (Å²) in [5.74, 6) is 2.30. The second-order valence-corrected chi connectivity index (χ2v) is 6.42. The van der Waals surface area contributed by atoms with E-state index >= 15 is 0 Å². The Labute approximate surface area is 128 Å². The van der Waals surface area contributed by atoms with Gasteiger partial charge in [0.2, 0.25) is 0 Å². The monoisotopic (exact) mass is 287 g/mol. The molecular weight excluding hydrogens is 258 g/mol. The second-order valence-electron chi connectivity index (χ2n) is 6.42. The summed E-state index contributed by atoms with van der Waals surface area (Å²) in [5, 5.41) is 4.72. The van der Waals surface area contributed by atoms with Gasteiger partial charge in [0.05, 0.1) is 6.54 Å². The summed E-state index contributed by atoms with van der Waals surface area (Å²) in [6.07, 6.45) is 2.22. The number of benzene rings is 1. The van der Waals surface area contributed by atoms with E-state index < -0.39 is 0 Å². The topological polar surface area (TPSA) is 25.2 Å². The van der Waals surface area contributed by atoms with E-state index in [1.54, 1.807) is 0 Å². The highest BCUT2D eigenvalue weighted by atomic mass is 16.3. The van der Waals surface area contributed by atoms with Crippen LogP contribution in [0.4, 0.5) is 0 Å². The van der Waals surface area contributed by atoms with Crippen LogP contribution >= 0.6 is 0 Å². The zero-order chi connectivity index (χ0) is 15.4. The predicted octanol–water partition coefficient (Wildman–Crippen LogP) is 5.25. The van der Waals surface area contributed by atoms with Gasteiger partial charge in [-0.05, 0) is 36.8 Å². The van der Waals surface area contributed by atoms with E-state index in [1.807, 2.05) is 0 Å². The zero-order valence-electron chi connectivity index (χ0n) is 14.1. The summed E-state index contributed by atoms with van der Waals surface area (Å²) in [5.41, 5.74) is 3.85. The van der Waals surface area contributed by atoms with Gasteiger partial charge in [-0.25, -0.2) is 0 Å². The fourth-order valence-electron chi connectivity index (χ4n) is 2.86. The first-order chi connectivity index (χ1) is 10.1. The van der Waals surface area contributed by atoms with E-state index in [1.165, 1.54) is 16.5 Å². The summed E-state index contributed by atoms with van der Waals surface area (Å²) in [4.78, 5) is 0. The lowest BCUT2D eigenvalue weighted by Gasteiger charge is -2.09. The third kappa shape index (κ3) is 3.49. The van der Waals surface area contributed by atoms with Gasteiger partial charge in [-0.15, -0.1) is 0 Å². The molecule has 0 aliphatic heterocycles. The van der Waals surface area contributed by atoms with Crippen molar-refractivity contribution in [3.63, 3.8) is 0 Å². The van der Waals surface area contributed by atoms with Crippen molar-refractivity contribution >= 4 is 11.0 Å². The van der Waals surface area contributed by atoms with Crippen LogP contribution in [0, 0.1) is 5.92 Å². The van der Waals surface area contributed by atoms with Gasteiger partial charge in [-0.1, -0.05) is 52.8 Å². The number of rotatable bonds is 7. The van der Waals surface area contributed by atoms with Gasteiger partial charge in [-0.3, -0.25) is 0 Å². The molecule has 1 unspecified atom stereocenters. The van der Waals surface area contributed by atoms with Crippen LogP contribution < -0.4 is 5.32 Å². The van der Waals surface area contributed by atoms with Crippen molar-refractivity contribution < 1.29 is 4.42 Å². The number of hydrogen-bond donors (Lipinski definition) is 1. The molecule has 0 radical (unpaired) electrons. The van der Waals surface area contributed by atoms with Crippen LogP contribution in [0.5, 0.6) is 0 Å². The molecule has 0 aliphatic rings. The minimum Gasteiger partial charge on any atom is -0.459 e. The lowest BCUT2D eigenvalue weighted by molar-refractivity contribution is 0.502. The minimum absolute atomic E-state index is 0.540. The Balaban J connectivity index is 2.54. The first kappa shape index (κ1) is 16.1. The van der Waals surface area contributed by atoms with Gasteiger partial charge in [0.25, 0.3) is 0 Å². The van der Waals surface area contributed by atoms with Crippen LogP contribution in [-0.4, -0.2) is 6.54 Å². The Morgan fingerprint density at radius 3 is 2.52 bits per heavy atom. The molecule has 0 aliphatic carbocycles. The van der Waals surface area contributed by atoms with Crippen LogP contribution in [-0.2, 0) is 13.0 Å². The number of furan rings is 1. The molecule has 21 heavy (non-hydrogen) atoms. The van der Waals surface area contributed by atoms with Gasteiger partial charge in [-0.2, -0.15) is 0 Å². The van der Waals surface area contributed by atoms with E-state index in [0.29, 0.717) is 11.8 Å². The van der Waals surface area contributed by atoms with Crippen molar-refractivity contribution in [1.29, 1.82) is 0 Å². The van der Waals surface area contributed by atoms with Crippen molar-refractivity contribution in [3.8, 4) is 0 Å². The molecule has 2 aromatic rings. The highest BCUT2D eigenvalue weighted by Gasteiger charge is 2.18. The van der Waals surface area contributed by atoms with Crippen molar-refractivity contribution in [1.82, 2.24) is 5.32 Å². The van der Waals surface area contributed by atoms with Crippen molar-refractivity contribution in [3.05, 3.63) is 35.1 Å². The Bertz CT molecular complexity index is 583. The molecular formula is C19H29NO. The minimum atomic E-state index is 0.540.